The minimum absolute atomic E-state index is 0.127. The van der Waals surface area contributed by atoms with Crippen LogP contribution in [0.15, 0.2) is 108 Å². The molecular formula is C32H36N2O4S. The van der Waals surface area contributed by atoms with Crippen LogP contribution in [-0.2, 0) is 29.5 Å². The van der Waals surface area contributed by atoms with Crippen LogP contribution in [0.25, 0.3) is 0 Å². The SMILES string of the molecule is CCCCOc1cc(CNCc2ccccc2)cc(S(N)(=O)=O)c1Cc1ccccc1.O=Cc1ccccc1. The van der Waals surface area contributed by atoms with Crippen molar-refractivity contribution < 1.29 is 17.9 Å². The van der Waals surface area contributed by atoms with Crippen LogP contribution >= 0.6 is 0 Å². The van der Waals surface area contributed by atoms with Crippen molar-refractivity contribution in [3.05, 3.63) is 131 Å². The molecule has 0 radical (unpaired) electrons. The Balaban J connectivity index is 0.000000449. The number of benzene rings is 4. The van der Waals surface area contributed by atoms with Crippen molar-refractivity contribution in [3.63, 3.8) is 0 Å². The van der Waals surface area contributed by atoms with Crippen molar-refractivity contribution in [2.24, 2.45) is 5.14 Å². The van der Waals surface area contributed by atoms with E-state index in [-0.39, 0.29) is 4.90 Å². The molecule has 39 heavy (non-hydrogen) atoms. The molecular weight excluding hydrogens is 508 g/mol. The van der Waals surface area contributed by atoms with Gasteiger partial charge in [-0.1, -0.05) is 104 Å². The average molecular weight is 545 g/mol. The van der Waals surface area contributed by atoms with Gasteiger partial charge in [0.2, 0.25) is 10.0 Å². The second-order valence-corrected chi connectivity index (χ2v) is 10.6. The third-order valence-corrected chi connectivity index (χ3v) is 6.93. The zero-order valence-electron chi connectivity index (χ0n) is 22.3. The van der Waals surface area contributed by atoms with Crippen molar-refractivity contribution in [3.8, 4) is 5.75 Å². The van der Waals surface area contributed by atoms with Gasteiger partial charge in [0.1, 0.15) is 12.0 Å². The third-order valence-electron chi connectivity index (χ3n) is 5.95. The molecule has 0 aliphatic carbocycles. The van der Waals surface area contributed by atoms with Gasteiger partial charge in [-0.25, -0.2) is 13.6 Å². The monoisotopic (exact) mass is 544 g/mol. The second-order valence-electron chi connectivity index (χ2n) is 9.10. The minimum atomic E-state index is -3.91. The standard InChI is InChI=1S/C25H30N2O3S.C7H6O/c1-2-3-14-30-24-16-22(19-27-18-21-12-8-5-9-13-21)17-25(31(26,28)29)23(24)15-20-10-6-4-7-11-20;8-6-7-4-2-1-3-5-7/h4-13,16-17,27H,2-3,14-15,18-19H2,1H3,(H2,26,28,29);1-6H. The summed E-state index contributed by atoms with van der Waals surface area (Å²) in [5, 5.41) is 8.99. The molecule has 204 valence electrons. The van der Waals surface area contributed by atoms with Gasteiger partial charge in [0, 0.05) is 30.6 Å². The zero-order valence-corrected chi connectivity index (χ0v) is 23.1. The van der Waals surface area contributed by atoms with E-state index < -0.39 is 10.0 Å². The van der Waals surface area contributed by atoms with Gasteiger partial charge in [-0.05, 0) is 35.2 Å². The quantitative estimate of drug-likeness (QED) is 0.171. The predicted octanol–water partition coefficient (Wildman–Crippen LogP) is 5.89. The molecule has 0 saturated heterocycles. The summed E-state index contributed by atoms with van der Waals surface area (Å²) in [4.78, 5) is 10.1. The Labute approximate surface area is 231 Å². The summed E-state index contributed by atoms with van der Waals surface area (Å²) in [7, 11) is -3.91. The summed E-state index contributed by atoms with van der Waals surface area (Å²) in [5.41, 5.74) is 4.32. The van der Waals surface area contributed by atoms with Crippen LogP contribution in [-0.4, -0.2) is 21.3 Å². The average Bonchev–Trinajstić information content (AvgIpc) is 2.95. The van der Waals surface area contributed by atoms with Crippen molar-refractivity contribution in [2.75, 3.05) is 6.61 Å². The fraction of sp³-hybridized carbons (Fsp3) is 0.219. The molecule has 4 aromatic rings. The van der Waals surface area contributed by atoms with Gasteiger partial charge < -0.3 is 10.1 Å². The first-order valence-electron chi connectivity index (χ1n) is 13.0. The van der Waals surface area contributed by atoms with Crippen molar-refractivity contribution in [1.82, 2.24) is 5.32 Å². The normalized spacial score (nSPS) is 10.8. The highest BCUT2D eigenvalue weighted by molar-refractivity contribution is 7.89. The fourth-order valence-corrected chi connectivity index (χ4v) is 4.77. The number of carbonyl (C=O) groups is 1. The molecule has 4 aromatic carbocycles. The number of hydrogen-bond acceptors (Lipinski definition) is 5. The van der Waals surface area contributed by atoms with Gasteiger partial charge in [-0.3, -0.25) is 4.79 Å². The van der Waals surface area contributed by atoms with Crippen LogP contribution in [0.4, 0.5) is 0 Å². The maximum absolute atomic E-state index is 12.5. The summed E-state index contributed by atoms with van der Waals surface area (Å²) in [5.74, 6) is 0.584. The molecule has 0 aromatic heterocycles. The van der Waals surface area contributed by atoms with E-state index in [4.69, 9.17) is 9.88 Å². The smallest absolute Gasteiger partial charge is 0.238 e. The molecule has 0 amide bonds. The lowest BCUT2D eigenvalue weighted by Gasteiger charge is -2.17. The number of rotatable bonds is 12. The number of sulfonamides is 1. The Morgan fingerprint density at radius 3 is 1.90 bits per heavy atom. The first-order chi connectivity index (χ1) is 18.9. The Morgan fingerprint density at radius 2 is 1.36 bits per heavy atom. The Hall–Kier alpha value is -3.78. The molecule has 0 saturated carbocycles. The molecule has 0 aliphatic rings. The van der Waals surface area contributed by atoms with Crippen LogP contribution in [0, 0.1) is 0 Å². The summed E-state index contributed by atoms with van der Waals surface area (Å²) in [6.45, 7) is 3.81. The van der Waals surface area contributed by atoms with Gasteiger partial charge in [-0.2, -0.15) is 0 Å². The lowest BCUT2D eigenvalue weighted by Crippen LogP contribution is -2.18. The van der Waals surface area contributed by atoms with Gasteiger partial charge in [0.05, 0.1) is 11.5 Å². The Bertz CT molecular complexity index is 1390. The van der Waals surface area contributed by atoms with Crippen LogP contribution in [0.2, 0.25) is 0 Å². The molecule has 0 spiro atoms. The minimum Gasteiger partial charge on any atom is -0.493 e. The molecule has 0 unspecified atom stereocenters. The molecule has 0 atom stereocenters. The number of unbranched alkanes of at least 4 members (excludes halogenated alkanes) is 1. The highest BCUT2D eigenvalue weighted by atomic mass is 32.2. The lowest BCUT2D eigenvalue weighted by atomic mass is 10.0. The van der Waals surface area contributed by atoms with Crippen molar-refractivity contribution in [2.45, 2.75) is 44.2 Å². The van der Waals surface area contributed by atoms with E-state index in [2.05, 4.69) is 12.2 Å². The highest BCUT2D eigenvalue weighted by Crippen LogP contribution is 2.30. The summed E-state index contributed by atoms with van der Waals surface area (Å²) < 4.78 is 31.0. The first-order valence-corrected chi connectivity index (χ1v) is 14.6. The largest absolute Gasteiger partial charge is 0.493 e. The van der Waals surface area contributed by atoms with E-state index in [1.165, 1.54) is 0 Å². The van der Waals surface area contributed by atoms with Gasteiger partial charge >= 0.3 is 0 Å². The first kappa shape index (κ1) is 29.8. The third kappa shape index (κ3) is 10.1. The predicted molar refractivity (Wildman–Crippen MR) is 156 cm³/mol. The summed E-state index contributed by atoms with van der Waals surface area (Å²) >= 11 is 0. The zero-order chi connectivity index (χ0) is 27.9. The van der Waals surface area contributed by atoms with Crippen LogP contribution < -0.4 is 15.2 Å². The van der Waals surface area contributed by atoms with Crippen LogP contribution in [0.3, 0.4) is 0 Å². The Morgan fingerprint density at radius 1 is 0.795 bits per heavy atom. The molecule has 4 rings (SSSR count). The summed E-state index contributed by atoms with van der Waals surface area (Å²) in [6.07, 6.45) is 3.16. The van der Waals surface area contributed by atoms with Crippen molar-refractivity contribution >= 4 is 16.3 Å². The number of nitrogens with one attached hydrogen (secondary N) is 1. The number of primary sulfonamides is 1. The molecule has 3 N–H and O–H groups in total. The summed E-state index contributed by atoms with van der Waals surface area (Å²) in [6, 6.07) is 32.5. The van der Waals surface area contributed by atoms with E-state index in [0.717, 1.165) is 41.4 Å². The molecule has 0 fully saturated rings. The Kier molecular flexibility index (Phi) is 11.9. The molecule has 7 heteroatoms. The van der Waals surface area contributed by atoms with E-state index >= 15 is 0 Å². The van der Waals surface area contributed by atoms with Crippen molar-refractivity contribution in [1.29, 1.82) is 0 Å². The number of nitrogens with two attached hydrogens (primary N) is 1. The lowest BCUT2D eigenvalue weighted by molar-refractivity contribution is 0.112. The van der Waals surface area contributed by atoms with Gasteiger partial charge in [-0.15, -0.1) is 0 Å². The maximum atomic E-state index is 12.5. The van der Waals surface area contributed by atoms with Crippen LogP contribution in [0.1, 0.15) is 52.4 Å². The van der Waals surface area contributed by atoms with E-state index in [1.54, 1.807) is 18.2 Å². The number of ether oxygens (including phenoxy) is 1. The second kappa shape index (κ2) is 15.6. The highest BCUT2D eigenvalue weighted by Gasteiger charge is 2.20. The topological polar surface area (TPSA) is 98.5 Å². The molecule has 0 heterocycles. The van der Waals surface area contributed by atoms with E-state index in [0.29, 0.717) is 37.4 Å². The van der Waals surface area contributed by atoms with Gasteiger partial charge in [0.25, 0.3) is 0 Å². The molecule has 6 nitrogen and oxygen atoms in total. The van der Waals surface area contributed by atoms with Gasteiger partial charge in [0.15, 0.2) is 0 Å². The van der Waals surface area contributed by atoms with Crippen LogP contribution in [0.5, 0.6) is 5.75 Å². The molecule has 0 aliphatic heterocycles. The fourth-order valence-electron chi connectivity index (χ4n) is 3.94. The number of hydrogen-bond donors (Lipinski definition) is 2. The van der Waals surface area contributed by atoms with E-state index in [1.807, 2.05) is 84.9 Å². The molecule has 0 bridgehead atoms. The number of aldehydes is 1. The number of carbonyl (C=O) groups excluding carboxylic acids is 1. The maximum Gasteiger partial charge on any atom is 0.238 e. The van der Waals surface area contributed by atoms with E-state index in [9.17, 15) is 13.2 Å².